The Labute approximate surface area is 113 Å². The first-order valence-corrected chi connectivity index (χ1v) is 6.76. The summed E-state index contributed by atoms with van der Waals surface area (Å²) in [4.78, 5) is 4.50. The van der Waals surface area contributed by atoms with Gasteiger partial charge in [-0.05, 0) is 17.4 Å². The van der Waals surface area contributed by atoms with E-state index in [-0.39, 0.29) is 0 Å². The van der Waals surface area contributed by atoms with Crippen LogP contribution in [0.25, 0.3) is 16.5 Å². The molecule has 0 unspecified atom stereocenters. The van der Waals surface area contributed by atoms with Crippen molar-refractivity contribution in [3.8, 4) is 5.69 Å². The van der Waals surface area contributed by atoms with Gasteiger partial charge in [-0.2, -0.15) is 0 Å². The van der Waals surface area contributed by atoms with Gasteiger partial charge in [0.05, 0.1) is 5.69 Å². The Morgan fingerprint density at radius 1 is 1.05 bits per heavy atom. The Balaban J connectivity index is 2.17. The second-order valence-corrected chi connectivity index (χ2v) is 5.31. The Morgan fingerprint density at radius 3 is 2.68 bits per heavy atom. The monoisotopic (exact) mass is 250 g/mol. The first kappa shape index (κ1) is 12.0. The standard InChI is InChI=1S/C17H18N2/c1-13(2)12-17-18-10-11-19(17)16-9-5-7-14-6-3-4-8-15(14)16/h3-11,13H,12H2,1-2H3. The molecular weight excluding hydrogens is 232 g/mol. The molecule has 0 spiro atoms. The lowest BCUT2D eigenvalue weighted by molar-refractivity contribution is 0.614. The minimum absolute atomic E-state index is 0.608. The summed E-state index contributed by atoms with van der Waals surface area (Å²) in [7, 11) is 0. The predicted molar refractivity (Wildman–Crippen MR) is 79.6 cm³/mol. The third kappa shape index (κ3) is 2.26. The Morgan fingerprint density at radius 2 is 1.84 bits per heavy atom. The van der Waals surface area contributed by atoms with Gasteiger partial charge in [-0.25, -0.2) is 4.98 Å². The lowest BCUT2D eigenvalue weighted by Gasteiger charge is -2.12. The molecule has 0 saturated heterocycles. The Hall–Kier alpha value is -2.09. The van der Waals surface area contributed by atoms with E-state index in [9.17, 15) is 0 Å². The van der Waals surface area contributed by atoms with Crippen molar-refractivity contribution in [3.63, 3.8) is 0 Å². The van der Waals surface area contributed by atoms with E-state index in [1.807, 2.05) is 6.20 Å². The van der Waals surface area contributed by atoms with Crippen molar-refractivity contribution in [1.29, 1.82) is 0 Å². The van der Waals surface area contributed by atoms with Gasteiger partial charge in [0.25, 0.3) is 0 Å². The van der Waals surface area contributed by atoms with Crippen molar-refractivity contribution in [1.82, 2.24) is 9.55 Å². The molecule has 1 heterocycles. The molecule has 0 saturated carbocycles. The fourth-order valence-electron chi connectivity index (χ4n) is 2.49. The fourth-order valence-corrected chi connectivity index (χ4v) is 2.49. The molecule has 0 radical (unpaired) electrons. The van der Waals surface area contributed by atoms with E-state index >= 15 is 0 Å². The molecule has 2 heteroatoms. The second-order valence-electron chi connectivity index (χ2n) is 5.31. The SMILES string of the molecule is CC(C)Cc1nccn1-c1cccc2ccccc12. The highest BCUT2D eigenvalue weighted by Crippen LogP contribution is 2.23. The summed E-state index contributed by atoms with van der Waals surface area (Å²) < 4.78 is 2.21. The number of hydrogen-bond acceptors (Lipinski definition) is 1. The minimum Gasteiger partial charge on any atom is -0.303 e. The lowest BCUT2D eigenvalue weighted by atomic mass is 10.1. The molecule has 0 aliphatic heterocycles. The molecule has 2 aromatic carbocycles. The zero-order chi connectivity index (χ0) is 13.2. The maximum absolute atomic E-state index is 4.50. The van der Waals surface area contributed by atoms with Crippen molar-refractivity contribution in [2.45, 2.75) is 20.3 Å². The van der Waals surface area contributed by atoms with Crippen LogP contribution in [0.3, 0.4) is 0 Å². The van der Waals surface area contributed by atoms with E-state index in [2.05, 4.69) is 72.1 Å². The molecule has 0 aliphatic rings. The molecule has 0 amide bonds. The summed E-state index contributed by atoms with van der Waals surface area (Å²) in [5.74, 6) is 1.74. The number of aromatic nitrogens is 2. The molecule has 19 heavy (non-hydrogen) atoms. The number of hydrogen-bond donors (Lipinski definition) is 0. The first-order chi connectivity index (χ1) is 9.25. The van der Waals surface area contributed by atoms with E-state index in [1.54, 1.807) is 0 Å². The van der Waals surface area contributed by atoms with E-state index in [1.165, 1.54) is 16.5 Å². The van der Waals surface area contributed by atoms with Gasteiger partial charge >= 0.3 is 0 Å². The highest BCUT2D eigenvalue weighted by Gasteiger charge is 2.09. The number of imidazole rings is 1. The summed E-state index contributed by atoms with van der Waals surface area (Å²) in [6, 6.07) is 14.9. The molecule has 96 valence electrons. The molecule has 1 aromatic heterocycles. The van der Waals surface area contributed by atoms with Crippen LogP contribution in [0.1, 0.15) is 19.7 Å². The molecular formula is C17H18N2. The molecule has 0 aliphatic carbocycles. The van der Waals surface area contributed by atoms with Crippen molar-refractivity contribution in [3.05, 3.63) is 60.7 Å². The summed E-state index contributed by atoms with van der Waals surface area (Å²) in [6.07, 6.45) is 4.94. The first-order valence-electron chi connectivity index (χ1n) is 6.76. The van der Waals surface area contributed by atoms with Crippen molar-refractivity contribution < 1.29 is 0 Å². The summed E-state index contributed by atoms with van der Waals surface area (Å²) in [6.45, 7) is 4.45. The molecule has 0 bridgehead atoms. The quantitative estimate of drug-likeness (QED) is 0.680. The summed E-state index contributed by atoms with van der Waals surface area (Å²) in [5, 5.41) is 2.54. The van der Waals surface area contributed by atoms with Crippen molar-refractivity contribution in [2.75, 3.05) is 0 Å². The number of fused-ring (bicyclic) bond motifs is 1. The van der Waals surface area contributed by atoms with Crippen molar-refractivity contribution >= 4 is 10.8 Å². The normalized spacial score (nSPS) is 11.3. The Bertz CT molecular complexity index is 690. The van der Waals surface area contributed by atoms with Crippen LogP contribution < -0.4 is 0 Å². The molecule has 3 aromatic rings. The van der Waals surface area contributed by atoms with E-state index in [4.69, 9.17) is 0 Å². The average molecular weight is 250 g/mol. The van der Waals surface area contributed by atoms with Gasteiger partial charge in [0, 0.05) is 24.2 Å². The van der Waals surface area contributed by atoms with Gasteiger partial charge in [-0.3, -0.25) is 0 Å². The van der Waals surface area contributed by atoms with E-state index in [0.29, 0.717) is 5.92 Å². The van der Waals surface area contributed by atoms with Gasteiger partial charge in [-0.15, -0.1) is 0 Å². The van der Waals surface area contributed by atoms with Crippen LogP contribution in [0.5, 0.6) is 0 Å². The maximum atomic E-state index is 4.50. The number of rotatable bonds is 3. The van der Waals surface area contributed by atoms with E-state index in [0.717, 1.165) is 12.2 Å². The Kier molecular flexibility index (Phi) is 3.08. The third-order valence-corrected chi connectivity index (χ3v) is 3.33. The largest absolute Gasteiger partial charge is 0.303 e. The molecule has 0 fully saturated rings. The van der Waals surface area contributed by atoms with Gasteiger partial charge in [0.2, 0.25) is 0 Å². The smallest absolute Gasteiger partial charge is 0.113 e. The second kappa shape index (κ2) is 4.88. The van der Waals surface area contributed by atoms with Crippen LogP contribution in [0.4, 0.5) is 0 Å². The van der Waals surface area contributed by atoms with Crippen LogP contribution in [-0.4, -0.2) is 9.55 Å². The zero-order valence-corrected chi connectivity index (χ0v) is 11.4. The highest BCUT2D eigenvalue weighted by molar-refractivity contribution is 5.90. The third-order valence-electron chi connectivity index (χ3n) is 3.33. The molecule has 2 nitrogen and oxygen atoms in total. The number of nitrogens with zero attached hydrogens (tertiary/aromatic N) is 2. The fraction of sp³-hybridized carbons (Fsp3) is 0.235. The molecule has 0 atom stereocenters. The molecule has 3 rings (SSSR count). The number of benzene rings is 2. The highest BCUT2D eigenvalue weighted by atomic mass is 15.1. The van der Waals surface area contributed by atoms with Gasteiger partial charge < -0.3 is 4.57 Å². The summed E-state index contributed by atoms with van der Waals surface area (Å²) in [5.41, 5.74) is 1.21. The summed E-state index contributed by atoms with van der Waals surface area (Å²) >= 11 is 0. The van der Waals surface area contributed by atoms with Crippen LogP contribution >= 0.6 is 0 Å². The van der Waals surface area contributed by atoms with Crippen LogP contribution in [-0.2, 0) is 6.42 Å². The van der Waals surface area contributed by atoms with Gasteiger partial charge in [0.1, 0.15) is 5.82 Å². The predicted octanol–water partition coefficient (Wildman–Crippen LogP) is 4.22. The van der Waals surface area contributed by atoms with Crippen LogP contribution in [0.2, 0.25) is 0 Å². The van der Waals surface area contributed by atoms with E-state index < -0.39 is 0 Å². The van der Waals surface area contributed by atoms with Gasteiger partial charge in [0.15, 0.2) is 0 Å². The topological polar surface area (TPSA) is 17.8 Å². The van der Waals surface area contributed by atoms with Crippen LogP contribution in [0, 0.1) is 5.92 Å². The zero-order valence-electron chi connectivity index (χ0n) is 11.4. The van der Waals surface area contributed by atoms with Gasteiger partial charge in [-0.1, -0.05) is 50.2 Å². The minimum atomic E-state index is 0.608. The molecule has 0 N–H and O–H groups in total. The van der Waals surface area contributed by atoms with Crippen molar-refractivity contribution in [2.24, 2.45) is 5.92 Å². The average Bonchev–Trinajstić information content (AvgIpc) is 2.85. The van der Waals surface area contributed by atoms with Crippen LogP contribution in [0.15, 0.2) is 54.9 Å². The maximum Gasteiger partial charge on any atom is 0.113 e. The lowest BCUT2D eigenvalue weighted by Crippen LogP contribution is -2.04.